The summed E-state index contributed by atoms with van der Waals surface area (Å²) in [6, 6.07) is 48.6. The molecule has 53 heavy (non-hydrogen) atoms. The zero-order valence-corrected chi connectivity index (χ0v) is 30.7. The van der Waals surface area contributed by atoms with Gasteiger partial charge in [0.1, 0.15) is 0 Å². The number of aromatic nitrogens is 4. The van der Waals surface area contributed by atoms with Crippen molar-refractivity contribution < 1.29 is 9.31 Å². The van der Waals surface area contributed by atoms with Crippen LogP contribution in [0.1, 0.15) is 27.7 Å². The van der Waals surface area contributed by atoms with Crippen molar-refractivity contribution in [3.05, 3.63) is 140 Å². The van der Waals surface area contributed by atoms with Crippen LogP contribution in [0.15, 0.2) is 140 Å². The fraction of sp³-hybridized carbons (Fsp3) is 0.133. The van der Waals surface area contributed by atoms with Crippen molar-refractivity contribution >= 4 is 65.9 Å². The molecule has 0 atom stereocenters. The zero-order valence-electron chi connectivity index (χ0n) is 29.9. The van der Waals surface area contributed by atoms with Gasteiger partial charge in [0.2, 0.25) is 5.95 Å². The maximum Gasteiger partial charge on any atom is 0.495 e. The summed E-state index contributed by atoms with van der Waals surface area (Å²) < 4.78 is 17.6. The van der Waals surface area contributed by atoms with Crippen molar-refractivity contribution in [1.82, 2.24) is 19.5 Å². The SMILES string of the molecule is CC1(C)OB(c2cccc3sc4c(-c5nc(-c6ccccc6)nc(-n6c7ccccc7c7cc(-c8ccccc8)ccc76)n5)cccc4c23)OC1(C)C. The summed E-state index contributed by atoms with van der Waals surface area (Å²) in [6.07, 6.45) is 0. The van der Waals surface area contributed by atoms with Gasteiger partial charge in [-0.1, -0.05) is 109 Å². The first-order valence-electron chi connectivity index (χ1n) is 18.0. The van der Waals surface area contributed by atoms with E-state index < -0.39 is 18.3 Å². The monoisotopic (exact) mass is 706 g/mol. The average Bonchev–Trinajstić information content (AvgIpc) is 3.80. The number of hydrogen-bond acceptors (Lipinski definition) is 6. The molecule has 1 fully saturated rings. The molecule has 8 heteroatoms. The molecule has 1 saturated heterocycles. The number of fused-ring (bicyclic) bond motifs is 6. The van der Waals surface area contributed by atoms with E-state index in [0.29, 0.717) is 17.6 Å². The Morgan fingerprint density at radius 2 is 1.19 bits per heavy atom. The molecule has 0 N–H and O–H groups in total. The van der Waals surface area contributed by atoms with Gasteiger partial charge in [0.05, 0.1) is 22.2 Å². The molecule has 3 aromatic heterocycles. The van der Waals surface area contributed by atoms with Gasteiger partial charge in [-0.15, -0.1) is 11.3 Å². The third-order valence-corrected chi connectivity index (χ3v) is 12.1. The van der Waals surface area contributed by atoms with Gasteiger partial charge in [-0.2, -0.15) is 9.97 Å². The molecular formula is C45H35BN4O2S. The predicted octanol–water partition coefficient (Wildman–Crippen LogP) is 10.6. The lowest BCUT2D eigenvalue weighted by molar-refractivity contribution is 0.00578. The highest BCUT2D eigenvalue weighted by molar-refractivity contribution is 7.26. The van der Waals surface area contributed by atoms with Crippen LogP contribution in [0.25, 0.3) is 81.8 Å². The molecule has 0 bridgehead atoms. The van der Waals surface area contributed by atoms with Crippen LogP contribution in [0.2, 0.25) is 0 Å². The van der Waals surface area contributed by atoms with Crippen LogP contribution in [0, 0.1) is 0 Å². The van der Waals surface area contributed by atoms with Crippen molar-refractivity contribution in [2.75, 3.05) is 0 Å². The summed E-state index contributed by atoms with van der Waals surface area (Å²) in [6.45, 7) is 8.38. The van der Waals surface area contributed by atoms with Crippen LogP contribution in [0.5, 0.6) is 0 Å². The molecule has 0 unspecified atom stereocenters. The van der Waals surface area contributed by atoms with E-state index >= 15 is 0 Å². The van der Waals surface area contributed by atoms with Gasteiger partial charge >= 0.3 is 7.12 Å². The number of para-hydroxylation sites is 1. The normalized spacial score (nSPS) is 15.3. The molecule has 10 rings (SSSR count). The van der Waals surface area contributed by atoms with Crippen LogP contribution < -0.4 is 5.46 Å². The molecule has 0 aliphatic carbocycles. The van der Waals surface area contributed by atoms with Crippen LogP contribution in [-0.2, 0) is 9.31 Å². The number of benzene rings is 6. The van der Waals surface area contributed by atoms with Crippen LogP contribution in [0.3, 0.4) is 0 Å². The summed E-state index contributed by atoms with van der Waals surface area (Å²) in [5.74, 6) is 1.81. The third kappa shape index (κ3) is 5.12. The molecule has 9 aromatic rings. The number of thiophene rings is 1. The van der Waals surface area contributed by atoms with E-state index in [0.717, 1.165) is 58.6 Å². The van der Waals surface area contributed by atoms with E-state index in [9.17, 15) is 0 Å². The molecule has 1 aliphatic heterocycles. The molecule has 4 heterocycles. The van der Waals surface area contributed by atoms with Crippen molar-refractivity contribution in [2.45, 2.75) is 38.9 Å². The van der Waals surface area contributed by atoms with Crippen LogP contribution in [0.4, 0.5) is 0 Å². The van der Waals surface area contributed by atoms with E-state index in [-0.39, 0.29) is 0 Å². The van der Waals surface area contributed by atoms with Gasteiger partial charge in [-0.05, 0) is 74.6 Å². The zero-order chi connectivity index (χ0) is 35.9. The second-order valence-electron chi connectivity index (χ2n) is 14.7. The van der Waals surface area contributed by atoms with E-state index in [2.05, 4.69) is 154 Å². The summed E-state index contributed by atoms with van der Waals surface area (Å²) >= 11 is 1.75. The molecule has 0 spiro atoms. The van der Waals surface area contributed by atoms with Gasteiger partial charge in [-0.25, -0.2) is 4.98 Å². The fourth-order valence-corrected chi connectivity index (χ4v) is 8.76. The van der Waals surface area contributed by atoms with Gasteiger partial charge in [0.25, 0.3) is 0 Å². The van der Waals surface area contributed by atoms with Crippen LogP contribution in [-0.4, -0.2) is 37.8 Å². The molecule has 0 radical (unpaired) electrons. The van der Waals surface area contributed by atoms with E-state index in [1.54, 1.807) is 11.3 Å². The average molecular weight is 707 g/mol. The molecule has 256 valence electrons. The lowest BCUT2D eigenvalue weighted by Gasteiger charge is -2.32. The van der Waals surface area contributed by atoms with E-state index in [4.69, 9.17) is 24.3 Å². The Kier molecular flexibility index (Phi) is 7.21. The van der Waals surface area contributed by atoms with Gasteiger partial charge < -0.3 is 9.31 Å². The minimum Gasteiger partial charge on any atom is -0.399 e. The topological polar surface area (TPSA) is 62.1 Å². The minimum atomic E-state index is -0.476. The number of nitrogens with zero attached hydrogens (tertiary/aromatic N) is 4. The molecule has 0 saturated carbocycles. The van der Waals surface area contributed by atoms with Crippen molar-refractivity contribution in [1.29, 1.82) is 0 Å². The fourth-order valence-electron chi connectivity index (χ4n) is 7.52. The largest absolute Gasteiger partial charge is 0.495 e. The summed E-state index contributed by atoms with van der Waals surface area (Å²) in [5, 5.41) is 4.56. The Bertz CT molecular complexity index is 2850. The highest BCUT2D eigenvalue weighted by Crippen LogP contribution is 2.42. The summed E-state index contributed by atoms with van der Waals surface area (Å²) in [4.78, 5) is 15.7. The van der Waals surface area contributed by atoms with Gasteiger partial charge in [0, 0.05) is 42.1 Å². The Balaban J connectivity index is 1.20. The van der Waals surface area contributed by atoms with Crippen molar-refractivity contribution in [2.24, 2.45) is 0 Å². The minimum absolute atomic E-state index is 0.443. The summed E-state index contributed by atoms with van der Waals surface area (Å²) in [5.41, 5.74) is 6.45. The molecule has 6 aromatic carbocycles. The second kappa shape index (κ2) is 11.9. The molecular weight excluding hydrogens is 671 g/mol. The van der Waals surface area contributed by atoms with E-state index in [1.807, 2.05) is 18.2 Å². The second-order valence-corrected chi connectivity index (χ2v) is 15.7. The first kappa shape index (κ1) is 32.0. The Morgan fingerprint density at radius 1 is 0.547 bits per heavy atom. The number of rotatable bonds is 5. The first-order valence-corrected chi connectivity index (χ1v) is 18.8. The maximum absolute atomic E-state index is 6.56. The van der Waals surface area contributed by atoms with Gasteiger partial charge in [0.15, 0.2) is 11.6 Å². The standard InChI is InChI=1S/C45H35BN4O2S/c1-44(2)45(3,4)52-46(51-44)35-22-14-24-38-39(35)32-20-13-21-33(40(32)53-38)42-47-41(29-17-9-6-10-18-29)48-43(49-42)50-36-23-12-11-19-31(36)34-27-30(25-26-37(34)50)28-15-7-5-8-16-28/h5-27H,1-4H3. The number of hydrogen-bond donors (Lipinski definition) is 0. The van der Waals surface area contributed by atoms with E-state index in [1.165, 1.54) is 11.1 Å². The Morgan fingerprint density at radius 3 is 1.96 bits per heavy atom. The first-order chi connectivity index (χ1) is 25.8. The van der Waals surface area contributed by atoms with Crippen LogP contribution >= 0.6 is 11.3 Å². The Hall–Kier alpha value is -5.67. The third-order valence-electron chi connectivity index (χ3n) is 10.9. The predicted molar refractivity (Wildman–Crippen MR) is 219 cm³/mol. The smallest absolute Gasteiger partial charge is 0.399 e. The molecule has 6 nitrogen and oxygen atoms in total. The van der Waals surface area contributed by atoms with Crippen molar-refractivity contribution in [3.8, 4) is 39.9 Å². The Labute approximate surface area is 311 Å². The summed E-state index contributed by atoms with van der Waals surface area (Å²) in [7, 11) is -0.476. The quantitative estimate of drug-likeness (QED) is 0.167. The maximum atomic E-state index is 6.56. The molecule has 1 aliphatic rings. The van der Waals surface area contributed by atoms with Gasteiger partial charge in [-0.3, -0.25) is 4.57 Å². The molecule has 0 amide bonds. The lowest BCUT2D eigenvalue weighted by atomic mass is 9.76. The van der Waals surface area contributed by atoms with Crippen molar-refractivity contribution in [3.63, 3.8) is 0 Å². The highest BCUT2D eigenvalue weighted by Gasteiger charge is 2.52. The highest BCUT2D eigenvalue weighted by atomic mass is 32.1. The lowest BCUT2D eigenvalue weighted by Crippen LogP contribution is -2.41.